The number of hydrogen-bond acceptors (Lipinski definition) is 2. The summed E-state index contributed by atoms with van der Waals surface area (Å²) in [5, 5.41) is 1.27. The second-order valence-electron chi connectivity index (χ2n) is 3.07. The summed E-state index contributed by atoms with van der Waals surface area (Å²) in [6.45, 7) is 0. The second-order valence-corrected chi connectivity index (χ2v) is 5.31. The van der Waals surface area contributed by atoms with Gasteiger partial charge in [-0.15, -0.1) is 0 Å². The van der Waals surface area contributed by atoms with E-state index in [0.717, 1.165) is 9.86 Å². The quantitative estimate of drug-likeness (QED) is 0.820. The third-order valence-electron chi connectivity index (χ3n) is 2.11. The summed E-state index contributed by atoms with van der Waals surface area (Å²) >= 11 is 3.32. The molecular formula is C10H7BrO3S. The van der Waals surface area contributed by atoms with Crippen LogP contribution in [0, 0.1) is 0 Å². The lowest BCUT2D eigenvalue weighted by Crippen LogP contribution is -1.98. The Morgan fingerprint density at radius 1 is 1.00 bits per heavy atom. The van der Waals surface area contributed by atoms with Gasteiger partial charge in [0, 0.05) is 9.86 Å². The monoisotopic (exact) mass is 286 g/mol. The minimum atomic E-state index is -4.17. The first-order valence-electron chi connectivity index (χ1n) is 4.15. The fourth-order valence-corrected chi connectivity index (χ4v) is 2.67. The zero-order valence-electron chi connectivity index (χ0n) is 7.51. The molecule has 2 rings (SSSR count). The molecule has 5 heteroatoms. The molecule has 3 nitrogen and oxygen atoms in total. The van der Waals surface area contributed by atoms with Gasteiger partial charge < -0.3 is 0 Å². The van der Waals surface area contributed by atoms with Crippen molar-refractivity contribution < 1.29 is 13.0 Å². The van der Waals surface area contributed by atoms with Crippen LogP contribution in [0.2, 0.25) is 0 Å². The second kappa shape index (κ2) is 3.59. The Bertz CT molecular complexity index is 620. The van der Waals surface area contributed by atoms with E-state index in [1.54, 1.807) is 24.3 Å². The van der Waals surface area contributed by atoms with Crippen molar-refractivity contribution in [3.63, 3.8) is 0 Å². The van der Waals surface area contributed by atoms with Gasteiger partial charge in [0.1, 0.15) is 4.90 Å². The predicted octanol–water partition coefficient (Wildman–Crippen LogP) is 2.85. The lowest BCUT2D eigenvalue weighted by molar-refractivity contribution is 0.484. The van der Waals surface area contributed by atoms with Crippen LogP contribution < -0.4 is 0 Å². The van der Waals surface area contributed by atoms with E-state index in [-0.39, 0.29) is 4.90 Å². The minimum Gasteiger partial charge on any atom is -0.282 e. The third kappa shape index (κ3) is 1.90. The first kappa shape index (κ1) is 10.6. The molecule has 0 spiro atoms. The van der Waals surface area contributed by atoms with Crippen molar-refractivity contribution in [3.8, 4) is 0 Å². The van der Waals surface area contributed by atoms with Crippen LogP contribution >= 0.6 is 15.9 Å². The molecule has 0 heterocycles. The van der Waals surface area contributed by atoms with Crippen LogP contribution in [0.3, 0.4) is 0 Å². The average molecular weight is 287 g/mol. The minimum absolute atomic E-state index is 0.0682. The van der Waals surface area contributed by atoms with Gasteiger partial charge in [0.25, 0.3) is 10.1 Å². The number of hydrogen-bond donors (Lipinski definition) is 1. The summed E-state index contributed by atoms with van der Waals surface area (Å²) < 4.78 is 32.0. The van der Waals surface area contributed by atoms with Crippen molar-refractivity contribution in [1.29, 1.82) is 0 Å². The highest BCUT2D eigenvalue weighted by Crippen LogP contribution is 2.28. The Hall–Kier alpha value is -0.910. The van der Waals surface area contributed by atoms with Crippen molar-refractivity contribution in [2.75, 3.05) is 0 Å². The molecule has 0 unspecified atom stereocenters. The van der Waals surface area contributed by atoms with Crippen molar-refractivity contribution >= 4 is 36.8 Å². The van der Waals surface area contributed by atoms with Gasteiger partial charge >= 0.3 is 0 Å². The maximum absolute atomic E-state index is 11.1. The summed E-state index contributed by atoms with van der Waals surface area (Å²) in [7, 11) is -4.17. The van der Waals surface area contributed by atoms with Crippen LogP contribution in [0.5, 0.6) is 0 Å². The van der Waals surface area contributed by atoms with Crippen molar-refractivity contribution in [2.24, 2.45) is 0 Å². The van der Waals surface area contributed by atoms with E-state index < -0.39 is 10.1 Å². The Balaban J connectivity index is 2.96. The number of halogens is 1. The topological polar surface area (TPSA) is 54.4 Å². The Labute approximate surface area is 95.6 Å². The fraction of sp³-hybridized carbons (Fsp3) is 0. The zero-order chi connectivity index (χ0) is 11.1. The zero-order valence-corrected chi connectivity index (χ0v) is 9.92. The molecule has 0 aliphatic heterocycles. The molecule has 0 aliphatic carbocycles. The van der Waals surface area contributed by atoms with E-state index in [0.29, 0.717) is 5.39 Å². The molecule has 2 aromatic rings. The van der Waals surface area contributed by atoms with Crippen molar-refractivity contribution in [2.45, 2.75) is 4.90 Å². The Kier molecular flexibility index (Phi) is 2.54. The van der Waals surface area contributed by atoms with Crippen molar-refractivity contribution in [3.05, 3.63) is 40.9 Å². The van der Waals surface area contributed by atoms with Gasteiger partial charge in [-0.2, -0.15) is 8.42 Å². The average Bonchev–Trinajstić information content (AvgIpc) is 2.16. The van der Waals surface area contributed by atoms with Crippen LogP contribution in [0.1, 0.15) is 0 Å². The summed E-state index contributed by atoms with van der Waals surface area (Å²) in [4.78, 5) is -0.0682. The summed E-state index contributed by atoms with van der Waals surface area (Å²) in [5.41, 5.74) is 0. The maximum atomic E-state index is 11.1. The molecule has 0 bridgehead atoms. The summed E-state index contributed by atoms with van der Waals surface area (Å²) in [6.07, 6.45) is 0. The lowest BCUT2D eigenvalue weighted by atomic mass is 10.1. The van der Waals surface area contributed by atoms with Gasteiger partial charge in [0.15, 0.2) is 0 Å². The molecular weight excluding hydrogens is 280 g/mol. The lowest BCUT2D eigenvalue weighted by Gasteiger charge is -2.04. The highest BCUT2D eigenvalue weighted by Gasteiger charge is 2.13. The predicted molar refractivity (Wildman–Crippen MR) is 61.5 cm³/mol. The Morgan fingerprint density at radius 2 is 1.60 bits per heavy atom. The standard InChI is InChI=1S/C10H7BrO3S/c11-9-5-1-4-8-7(9)3-2-6-10(8)15(12,13)14/h1-6H,(H,12,13,14). The van der Waals surface area contributed by atoms with E-state index in [9.17, 15) is 8.42 Å². The highest BCUT2D eigenvalue weighted by atomic mass is 79.9. The van der Waals surface area contributed by atoms with Crippen LogP contribution in [0.25, 0.3) is 10.8 Å². The van der Waals surface area contributed by atoms with Gasteiger partial charge in [-0.05, 0) is 17.5 Å². The largest absolute Gasteiger partial charge is 0.295 e. The first-order valence-corrected chi connectivity index (χ1v) is 6.38. The van der Waals surface area contributed by atoms with Gasteiger partial charge in [-0.25, -0.2) is 0 Å². The van der Waals surface area contributed by atoms with E-state index in [1.807, 2.05) is 6.07 Å². The fourth-order valence-electron chi connectivity index (χ4n) is 1.47. The van der Waals surface area contributed by atoms with Crippen molar-refractivity contribution in [1.82, 2.24) is 0 Å². The van der Waals surface area contributed by atoms with Crippen LogP contribution in [-0.2, 0) is 10.1 Å². The molecule has 0 saturated carbocycles. The van der Waals surface area contributed by atoms with Crippen LogP contribution in [0.15, 0.2) is 45.8 Å². The number of fused-ring (bicyclic) bond motifs is 1. The molecule has 78 valence electrons. The molecule has 0 radical (unpaired) electrons. The molecule has 0 aromatic heterocycles. The molecule has 2 aromatic carbocycles. The van der Waals surface area contributed by atoms with Crippen LogP contribution in [0.4, 0.5) is 0 Å². The van der Waals surface area contributed by atoms with Gasteiger partial charge in [-0.3, -0.25) is 4.55 Å². The summed E-state index contributed by atoms with van der Waals surface area (Å²) in [6, 6.07) is 9.95. The van der Waals surface area contributed by atoms with Gasteiger partial charge in [0.05, 0.1) is 0 Å². The molecule has 0 saturated heterocycles. The molecule has 0 fully saturated rings. The maximum Gasteiger partial charge on any atom is 0.295 e. The third-order valence-corrected chi connectivity index (χ3v) is 3.71. The molecule has 15 heavy (non-hydrogen) atoms. The van der Waals surface area contributed by atoms with E-state index in [4.69, 9.17) is 4.55 Å². The normalized spacial score (nSPS) is 11.9. The SMILES string of the molecule is O=S(=O)(O)c1cccc2c(Br)cccc12. The molecule has 0 atom stereocenters. The van der Waals surface area contributed by atoms with Gasteiger partial charge in [-0.1, -0.05) is 40.2 Å². The number of benzene rings is 2. The Morgan fingerprint density at radius 3 is 2.27 bits per heavy atom. The van der Waals surface area contributed by atoms with E-state index in [2.05, 4.69) is 15.9 Å². The first-order chi connectivity index (χ1) is 7.00. The summed E-state index contributed by atoms with van der Waals surface area (Å²) in [5.74, 6) is 0. The van der Waals surface area contributed by atoms with Crippen LogP contribution in [-0.4, -0.2) is 13.0 Å². The van der Waals surface area contributed by atoms with Gasteiger partial charge in [0.2, 0.25) is 0 Å². The van der Waals surface area contributed by atoms with E-state index in [1.165, 1.54) is 6.07 Å². The number of rotatable bonds is 1. The molecule has 0 aliphatic rings. The molecule has 0 amide bonds. The van der Waals surface area contributed by atoms with E-state index >= 15 is 0 Å². The smallest absolute Gasteiger partial charge is 0.282 e. The highest BCUT2D eigenvalue weighted by molar-refractivity contribution is 9.10. The molecule has 1 N–H and O–H groups in total.